The Bertz CT molecular complexity index is 1160. The number of benzene rings is 2. The second-order valence-electron chi connectivity index (χ2n) is 6.28. The average Bonchev–Trinajstić information content (AvgIpc) is 3.13. The fraction of sp³-hybridized carbons (Fsp3) is 0.143. The monoisotopic (exact) mass is 422 g/mol. The summed E-state index contributed by atoms with van der Waals surface area (Å²) in [5.74, 6) is 0.853. The molecule has 0 fully saturated rings. The van der Waals surface area contributed by atoms with Gasteiger partial charge in [0.1, 0.15) is 10.8 Å². The normalized spacial score (nSPS) is 10.8. The number of carbonyl (C=O) groups is 1. The zero-order chi connectivity index (χ0) is 20.2. The van der Waals surface area contributed by atoms with Gasteiger partial charge >= 0.3 is 0 Å². The van der Waals surface area contributed by atoms with Gasteiger partial charge in [0, 0.05) is 5.56 Å². The number of rotatable bonds is 6. The van der Waals surface area contributed by atoms with E-state index in [0.29, 0.717) is 10.2 Å². The van der Waals surface area contributed by atoms with Crippen molar-refractivity contribution in [2.24, 2.45) is 0 Å². The van der Waals surface area contributed by atoms with Crippen molar-refractivity contribution in [1.82, 2.24) is 15.2 Å². The van der Waals surface area contributed by atoms with Gasteiger partial charge in [-0.05, 0) is 48.9 Å². The van der Waals surface area contributed by atoms with Crippen molar-refractivity contribution in [3.05, 3.63) is 60.2 Å². The summed E-state index contributed by atoms with van der Waals surface area (Å²) >= 11 is 2.80. The van der Waals surface area contributed by atoms with Crippen LogP contribution in [0.15, 0.2) is 59.6 Å². The molecule has 0 bridgehead atoms. The molecule has 29 heavy (non-hydrogen) atoms. The van der Waals surface area contributed by atoms with E-state index in [9.17, 15) is 4.79 Å². The van der Waals surface area contributed by atoms with Crippen molar-refractivity contribution in [3.63, 3.8) is 0 Å². The van der Waals surface area contributed by atoms with E-state index in [-0.39, 0.29) is 11.7 Å². The van der Waals surface area contributed by atoms with Crippen molar-refractivity contribution >= 4 is 44.4 Å². The van der Waals surface area contributed by atoms with Gasteiger partial charge in [-0.1, -0.05) is 41.3 Å². The molecule has 4 aromatic rings. The van der Waals surface area contributed by atoms with Gasteiger partial charge in [0.2, 0.25) is 5.91 Å². The maximum atomic E-state index is 12.3. The Morgan fingerprint density at radius 1 is 1.14 bits per heavy atom. The number of ether oxygens (including phenoxy) is 1. The largest absolute Gasteiger partial charge is 0.496 e. The fourth-order valence-corrected chi connectivity index (χ4v) is 4.37. The van der Waals surface area contributed by atoms with Gasteiger partial charge in [-0.25, -0.2) is 4.98 Å². The van der Waals surface area contributed by atoms with Crippen molar-refractivity contribution < 1.29 is 9.53 Å². The summed E-state index contributed by atoms with van der Waals surface area (Å²) in [5, 5.41) is 12.6. The summed E-state index contributed by atoms with van der Waals surface area (Å²) in [6.07, 6.45) is 0. The standard InChI is InChI=1S/C21H18N4O2S2/c1-13-7-8-16-18(11-13)29-21(22-16)23-19(26)12-28-20-10-9-15(24-25-20)14-5-3-4-6-17(14)27-2/h3-11H,12H2,1-2H3,(H,22,23,26). The summed E-state index contributed by atoms with van der Waals surface area (Å²) in [4.78, 5) is 16.7. The number of hydrogen-bond donors (Lipinski definition) is 1. The Balaban J connectivity index is 1.37. The van der Waals surface area contributed by atoms with E-state index in [4.69, 9.17) is 4.74 Å². The second kappa shape index (κ2) is 8.59. The molecule has 8 heteroatoms. The fourth-order valence-electron chi connectivity index (χ4n) is 2.78. The Kier molecular flexibility index (Phi) is 5.73. The molecule has 0 aliphatic carbocycles. The van der Waals surface area contributed by atoms with Crippen LogP contribution in [0.5, 0.6) is 5.75 Å². The first-order chi connectivity index (χ1) is 14.1. The lowest BCUT2D eigenvalue weighted by Crippen LogP contribution is -2.13. The molecule has 1 N–H and O–H groups in total. The second-order valence-corrected chi connectivity index (χ2v) is 8.31. The Morgan fingerprint density at radius 3 is 2.79 bits per heavy atom. The molecule has 146 valence electrons. The van der Waals surface area contributed by atoms with E-state index in [1.54, 1.807) is 7.11 Å². The zero-order valence-corrected chi connectivity index (χ0v) is 17.5. The van der Waals surface area contributed by atoms with E-state index >= 15 is 0 Å². The van der Waals surface area contributed by atoms with E-state index in [2.05, 4.69) is 26.6 Å². The number of methoxy groups -OCH3 is 1. The van der Waals surface area contributed by atoms with Crippen LogP contribution in [0.1, 0.15) is 5.56 Å². The number of carbonyl (C=O) groups excluding carboxylic acids is 1. The van der Waals surface area contributed by atoms with Gasteiger partial charge in [-0.2, -0.15) is 0 Å². The molecular weight excluding hydrogens is 404 g/mol. The van der Waals surface area contributed by atoms with Crippen LogP contribution in [0.25, 0.3) is 21.5 Å². The predicted molar refractivity (Wildman–Crippen MR) is 118 cm³/mol. The maximum Gasteiger partial charge on any atom is 0.236 e. The smallest absolute Gasteiger partial charge is 0.236 e. The number of aromatic nitrogens is 3. The van der Waals surface area contributed by atoms with E-state index < -0.39 is 0 Å². The highest BCUT2D eigenvalue weighted by Crippen LogP contribution is 2.29. The summed E-state index contributed by atoms with van der Waals surface area (Å²) in [6, 6.07) is 17.4. The third-order valence-electron chi connectivity index (χ3n) is 4.16. The summed E-state index contributed by atoms with van der Waals surface area (Å²) in [6.45, 7) is 2.04. The third-order valence-corrected chi connectivity index (χ3v) is 6.02. The molecule has 4 rings (SSSR count). The lowest BCUT2D eigenvalue weighted by atomic mass is 10.1. The van der Waals surface area contributed by atoms with Crippen molar-refractivity contribution in [1.29, 1.82) is 0 Å². The lowest BCUT2D eigenvalue weighted by molar-refractivity contribution is -0.113. The van der Waals surface area contributed by atoms with Crippen molar-refractivity contribution in [2.45, 2.75) is 11.9 Å². The minimum absolute atomic E-state index is 0.124. The van der Waals surface area contributed by atoms with Gasteiger partial charge < -0.3 is 10.1 Å². The molecule has 0 atom stereocenters. The van der Waals surface area contributed by atoms with Gasteiger partial charge in [0.05, 0.1) is 28.8 Å². The molecule has 0 aliphatic heterocycles. The van der Waals surface area contributed by atoms with Gasteiger partial charge in [-0.15, -0.1) is 10.2 Å². The van der Waals surface area contributed by atoms with Crippen LogP contribution in [0.4, 0.5) is 5.13 Å². The lowest BCUT2D eigenvalue weighted by Gasteiger charge is -2.07. The number of thioether (sulfide) groups is 1. The number of anilines is 1. The minimum Gasteiger partial charge on any atom is -0.496 e. The van der Waals surface area contributed by atoms with Crippen LogP contribution in [-0.2, 0) is 4.79 Å². The molecular formula is C21H18N4O2S2. The predicted octanol–water partition coefficient (Wildman–Crippen LogP) is 4.80. The molecule has 0 aliphatic rings. The number of fused-ring (bicyclic) bond motifs is 1. The number of thiazole rings is 1. The number of amides is 1. The number of nitrogens with zero attached hydrogens (tertiary/aromatic N) is 3. The van der Waals surface area contributed by atoms with Gasteiger partial charge in [-0.3, -0.25) is 4.79 Å². The van der Waals surface area contributed by atoms with E-state index in [1.807, 2.05) is 55.5 Å². The van der Waals surface area contributed by atoms with Gasteiger partial charge in [0.15, 0.2) is 5.13 Å². The number of aryl methyl sites for hydroxylation is 1. The van der Waals surface area contributed by atoms with Crippen LogP contribution >= 0.6 is 23.1 Å². The summed E-state index contributed by atoms with van der Waals surface area (Å²) in [7, 11) is 1.63. The molecule has 0 saturated heterocycles. The topological polar surface area (TPSA) is 77.0 Å². The average molecular weight is 423 g/mol. The SMILES string of the molecule is COc1ccccc1-c1ccc(SCC(=O)Nc2nc3ccc(C)cc3s2)nn1. The van der Waals surface area contributed by atoms with Crippen LogP contribution in [0, 0.1) is 6.92 Å². The van der Waals surface area contributed by atoms with Crippen molar-refractivity contribution in [3.8, 4) is 17.0 Å². The number of hydrogen-bond acceptors (Lipinski definition) is 7. The van der Waals surface area contributed by atoms with Crippen LogP contribution in [0.2, 0.25) is 0 Å². The molecule has 0 saturated carbocycles. The highest BCUT2D eigenvalue weighted by atomic mass is 32.2. The molecule has 0 radical (unpaired) electrons. The number of para-hydroxylation sites is 1. The van der Waals surface area contributed by atoms with Crippen LogP contribution in [-0.4, -0.2) is 34.0 Å². The summed E-state index contributed by atoms with van der Waals surface area (Å²) in [5.41, 5.74) is 3.66. The van der Waals surface area contributed by atoms with E-state index in [0.717, 1.165) is 27.2 Å². The first-order valence-corrected chi connectivity index (χ1v) is 10.7. The molecule has 6 nitrogen and oxygen atoms in total. The molecule has 2 aromatic heterocycles. The van der Waals surface area contributed by atoms with Gasteiger partial charge in [0.25, 0.3) is 0 Å². The maximum absolute atomic E-state index is 12.3. The Hall–Kier alpha value is -2.97. The molecule has 2 aromatic carbocycles. The first kappa shape index (κ1) is 19.4. The third kappa shape index (κ3) is 4.55. The molecule has 1 amide bonds. The summed E-state index contributed by atoms with van der Waals surface area (Å²) < 4.78 is 6.42. The highest BCUT2D eigenvalue weighted by Gasteiger charge is 2.11. The van der Waals surface area contributed by atoms with Crippen LogP contribution < -0.4 is 10.1 Å². The Morgan fingerprint density at radius 2 is 2.00 bits per heavy atom. The quantitative estimate of drug-likeness (QED) is 0.450. The molecule has 0 spiro atoms. The minimum atomic E-state index is -0.124. The molecule has 2 heterocycles. The highest BCUT2D eigenvalue weighted by molar-refractivity contribution is 7.99. The number of nitrogens with one attached hydrogen (secondary N) is 1. The van der Waals surface area contributed by atoms with Crippen LogP contribution in [0.3, 0.4) is 0 Å². The Labute approximate surface area is 176 Å². The van der Waals surface area contributed by atoms with E-state index in [1.165, 1.54) is 28.7 Å². The first-order valence-electron chi connectivity index (χ1n) is 8.89. The molecule has 0 unspecified atom stereocenters. The van der Waals surface area contributed by atoms with Crippen molar-refractivity contribution in [2.75, 3.05) is 18.2 Å². The zero-order valence-electron chi connectivity index (χ0n) is 15.9.